The van der Waals surface area contributed by atoms with Gasteiger partial charge in [-0.05, 0) is 25.1 Å². The minimum absolute atomic E-state index is 0.133. The summed E-state index contributed by atoms with van der Waals surface area (Å²) in [5, 5.41) is 13.1. The fraction of sp³-hybridized carbons (Fsp3) is 0.476. The molecule has 2 fully saturated rings. The highest BCUT2D eigenvalue weighted by molar-refractivity contribution is 7.52. The van der Waals surface area contributed by atoms with Crippen LogP contribution < -0.4 is 9.61 Å². The molecule has 0 spiro atoms. The number of benzene rings is 1. The number of ether oxygens (including phenoxy) is 2. The Balaban J connectivity index is 1.49. The summed E-state index contributed by atoms with van der Waals surface area (Å²) in [6.07, 6.45) is -2.65. The maximum atomic E-state index is 15.4. The van der Waals surface area contributed by atoms with Crippen molar-refractivity contribution < 1.29 is 47.0 Å². The molecule has 184 valence electrons. The van der Waals surface area contributed by atoms with Crippen LogP contribution in [0.1, 0.15) is 19.8 Å². The van der Waals surface area contributed by atoms with Gasteiger partial charge in [-0.25, -0.2) is 8.96 Å². The number of alkyl halides is 1. The van der Waals surface area contributed by atoms with Gasteiger partial charge in [0.2, 0.25) is 5.91 Å². The van der Waals surface area contributed by atoms with E-state index in [0.717, 1.165) is 24.1 Å². The molecule has 0 radical (unpaired) electrons. The summed E-state index contributed by atoms with van der Waals surface area (Å²) in [5.41, 5.74) is -2.43. The van der Waals surface area contributed by atoms with Gasteiger partial charge in [-0.2, -0.15) is 5.09 Å². The van der Waals surface area contributed by atoms with Crippen molar-refractivity contribution in [3.05, 3.63) is 42.6 Å². The molecule has 34 heavy (non-hydrogen) atoms. The van der Waals surface area contributed by atoms with Gasteiger partial charge in [0.05, 0.1) is 19.6 Å². The molecule has 0 aliphatic carbocycles. The van der Waals surface area contributed by atoms with E-state index in [1.165, 1.54) is 12.1 Å². The highest BCUT2D eigenvalue weighted by Gasteiger charge is 2.57. The lowest BCUT2D eigenvalue weighted by molar-refractivity contribution is -0.150. The van der Waals surface area contributed by atoms with Gasteiger partial charge in [-0.3, -0.25) is 23.8 Å². The van der Waals surface area contributed by atoms with E-state index >= 15 is 4.39 Å². The van der Waals surface area contributed by atoms with E-state index in [0.29, 0.717) is 0 Å². The molecule has 0 bridgehead atoms. The number of carbonyl (C=O) groups is 3. The van der Waals surface area contributed by atoms with E-state index in [9.17, 15) is 24.1 Å². The van der Waals surface area contributed by atoms with E-state index < -0.39 is 68.6 Å². The van der Waals surface area contributed by atoms with Crippen LogP contribution in [0.3, 0.4) is 0 Å². The zero-order valence-electron chi connectivity index (χ0n) is 18.2. The molecule has 2 N–H and O–H groups in total. The smallest absolute Gasteiger partial charge is 0.459 e. The van der Waals surface area contributed by atoms with Crippen LogP contribution in [-0.2, 0) is 32.9 Å². The predicted octanol–water partition coefficient (Wildman–Crippen LogP) is 1.22. The summed E-state index contributed by atoms with van der Waals surface area (Å²) in [6.45, 7) is 0.585. The third-order valence-corrected chi connectivity index (χ3v) is 7.20. The highest BCUT2D eigenvalue weighted by Crippen LogP contribution is 2.47. The van der Waals surface area contributed by atoms with Crippen LogP contribution in [0.4, 0.5) is 4.39 Å². The first-order valence-electron chi connectivity index (χ1n) is 10.6. The topological polar surface area (TPSA) is 141 Å². The Morgan fingerprint density at radius 3 is 2.68 bits per heavy atom. The molecule has 3 aliphatic heterocycles. The molecule has 1 aromatic carbocycles. The standard InChI is InChI=1S/C21H24FN2O9P/c1-21(22)18(27)16(32-20(21)24-9-7-13(25)11-17(24)26)12-31-34(29,23-15-8-10-30-19(15)28)33-14-5-3-2-4-6-14/h2-7,9,15-16,18,20,27H,8,10-12H2,1H3,(H,23,29)/t15-,16+,18+,20+,21+,34?/m0/s1. The first-order chi connectivity index (χ1) is 16.1. The number of ketones is 1. The second-order valence-corrected chi connectivity index (χ2v) is 9.91. The molecule has 3 aliphatic rings. The monoisotopic (exact) mass is 498 g/mol. The zero-order valence-corrected chi connectivity index (χ0v) is 19.1. The Morgan fingerprint density at radius 2 is 2.03 bits per heavy atom. The third kappa shape index (κ3) is 5.06. The van der Waals surface area contributed by atoms with Gasteiger partial charge in [0, 0.05) is 12.6 Å². The lowest BCUT2D eigenvalue weighted by Crippen LogP contribution is -2.51. The van der Waals surface area contributed by atoms with E-state index in [1.807, 2.05) is 0 Å². The van der Waals surface area contributed by atoms with Crippen LogP contribution in [0.2, 0.25) is 0 Å². The number of hydrogen-bond donors (Lipinski definition) is 2. The van der Waals surface area contributed by atoms with Crippen molar-refractivity contribution >= 4 is 25.4 Å². The first kappa shape index (κ1) is 24.5. The first-order valence-corrected chi connectivity index (χ1v) is 12.1. The molecular formula is C21H24FN2O9P. The minimum Gasteiger partial charge on any atom is -0.464 e. The number of esters is 1. The van der Waals surface area contributed by atoms with E-state index in [2.05, 4.69) is 5.09 Å². The van der Waals surface area contributed by atoms with Gasteiger partial charge in [0.1, 0.15) is 24.0 Å². The third-order valence-electron chi connectivity index (χ3n) is 5.63. The normalized spacial score (nSPS) is 33.1. The van der Waals surface area contributed by atoms with Crippen molar-refractivity contribution in [1.82, 2.24) is 9.99 Å². The van der Waals surface area contributed by atoms with Crippen molar-refractivity contribution in [3.63, 3.8) is 0 Å². The summed E-state index contributed by atoms with van der Waals surface area (Å²) in [6, 6.07) is 7.10. The summed E-state index contributed by atoms with van der Waals surface area (Å²) in [5.74, 6) is -1.57. The predicted molar refractivity (Wildman–Crippen MR) is 113 cm³/mol. The molecule has 0 aromatic heterocycles. The number of nitrogens with zero attached hydrogens (tertiary/aromatic N) is 1. The van der Waals surface area contributed by atoms with Gasteiger partial charge >= 0.3 is 13.7 Å². The molecule has 1 unspecified atom stereocenters. The van der Waals surface area contributed by atoms with Crippen LogP contribution in [0.25, 0.3) is 0 Å². The van der Waals surface area contributed by atoms with Crippen molar-refractivity contribution in [2.24, 2.45) is 0 Å². The number of aliphatic hydroxyl groups excluding tert-OH is 1. The molecule has 3 heterocycles. The Kier molecular flexibility index (Phi) is 6.88. The van der Waals surface area contributed by atoms with Gasteiger partial charge in [0.15, 0.2) is 17.7 Å². The second kappa shape index (κ2) is 9.55. The molecule has 1 aromatic rings. The second-order valence-electron chi connectivity index (χ2n) is 8.22. The number of nitrogens with one attached hydrogen (secondary N) is 1. The maximum absolute atomic E-state index is 15.4. The van der Waals surface area contributed by atoms with Crippen LogP contribution in [0.15, 0.2) is 42.6 Å². The molecule has 2 saturated heterocycles. The van der Waals surface area contributed by atoms with Crippen LogP contribution >= 0.6 is 7.75 Å². The molecule has 4 rings (SSSR count). The van der Waals surface area contributed by atoms with E-state index in [4.69, 9.17) is 18.5 Å². The van der Waals surface area contributed by atoms with Crippen molar-refractivity contribution in [2.75, 3.05) is 13.2 Å². The number of aliphatic hydroxyl groups is 1. The van der Waals surface area contributed by atoms with Gasteiger partial charge in [0.25, 0.3) is 0 Å². The Morgan fingerprint density at radius 1 is 1.29 bits per heavy atom. The largest absolute Gasteiger partial charge is 0.464 e. The minimum atomic E-state index is -4.22. The fourth-order valence-corrected chi connectivity index (χ4v) is 5.33. The van der Waals surface area contributed by atoms with Crippen molar-refractivity contribution in [1.29, 1.82) is 0 Å². The van der Waals surface area contributed by atoms with Crippen LogP contribution in [0.5, 0.6) is 5.75 Å². The SMILES string of the molecule is C[C@@]1(F)[C@H](O)[C@@H](COP(=O)(N[C@H]2CCOC2=O)Oc2ccccc2)O[C@H]1N1C=CC(=O)CC1=O. The number of carbonyl (C=O) groups excluding carboxylic acids is 3. The number of allylic oxidation sites excluding steroid dienone is 1. The number of cyclic esters (lactones) is 1. The Bertz CT molecular complexity index is 1030. The highest BCUT2D eigenvalue weighted by atomic mass is 31.2. The lowest BCUT2D eigenvalue weighted by Gasteiger charge is -2.32. The fourth-order valence-electron chi connectivity index (χ4n) is 3.79. The van der Waals surface area contributed by atoms with Gasteiger partial charge < -0.3 is 19.1 Å². The van der Waals surface area contributed by atoms with Gasteiger partial charge in [-0.1, -0.05) is 18.2 Å². The molecular weight excluding hydrogens is 474 g/mol. The summed E-state index contributed by atoms with van der Waals surface area (Å²) < 4.78 is 50.3. The van der Waals surface area contributed by atoms with E-state index in [1.54, 1.807) is 18.2 Å². The number of hydrogen-bond acceptors (Lipinski definition) is 9. The van der Waals surface area contributed by atoms with Crippen molar-refractivity contribution in [3.8, 4) is 5.75 Å². The average molecular weight is 498 g/mol. The van der Waals surface area contributed by atoms with Crippen LogP contribution in [-0.4, -0.2) is 71.0 Å². The Labute approximate surface area is 194 Å². The molecule has 11 nitrogen and oxygen atoms in total. The summed E-state index contributed by atoms with van der Waals surface area (Å²) in [7, 11) is -4.22. The number of rotatable bonds is 8. The van der Waals surface area contributed by atoms with E-state index in [-0.39, 0.29) is 18.8 Å². The molecule has 1 amide bonds. The number of halogens is 1. The summed E-state index contributed by atoms with van der Waals surface area (Å²) >= 11 is 0. The van der Waals surface area contributed by atoms with Gasteiger partial charge in [-0.15, -0.1) is 0 Å². The number of amides is 1. The van der Waals surface area contributed by atoms with Crippen LogP contribution in [0, 0.1) is 0 Å². The van der Waals surface area contributed by atoms with Crippen molar-refractivity contribution in [2.45, 2.75) is 49.9 Å². The summed E-state index contributed by atoms with van der Waals surface area (Å²) in [4.78, 5) is 36.4. The lowest BCUT2D eigenvalue weighted by atomic mass is 9.97. The maximum Gasteiger partial charge on any atom is 0.459 e. The molecule has 6 atom stereocenters. The molecule has 13 heteroatoms. The average Bonchev–Trinajstić information content (AvgIpc) is 3.28. The zero-order chi connectivity index (χ0) is 24.5. The molecule has 0 saturated carbocycles. The number of para-hydroxylation sites is 1. The Hall–Kier alpha value is -2.63. The quantitative estimate of drug-likeness (QED) is 0.305.